The number of hydrogen-bond acceptors (Lipinski definition) is 4. The molecule has 1 atom stereocenters. The molecule has 2 N–H and O–H groups in total. The molecule has 1 unspecified atom stereocenters. The minimum absolute atomic E-state index is 0.391. The maximum atomic E-state index is 6.17. The third-order valence-corrected chi connectivity index (χ3v) is 4.42. The van der Waals surface area contributed by atoms with Gasteiger partial charge in [0.15, 0.2) is 5.82 Å². The number of hydrogen-bond donors (Lipinski definition) is 1. The standard InChI is InChI=1S/C14H22N4S/c1-5-18-14(13(15)11(3)16-18)17(4)10(2)9-12-7-6-8-19-12/h6-8,10H,5,9,15H2,1-4H3. The number of aryl methyl sites for hydroxylation is 2. The van der Waals surface area contributed by atoms with Gasteiger partial charge in [0.05, 0.1) is 11.4 Å². The molecule has 2 aromatic heterocycles. The van der Waals surface area contributed by atoms with E-state index in [1.165, 1.54) is 4.88 Å². The van der Waals surface area contributed by atoms with Gasteiger partial charge in [-0.1, -0.05) is 6.07 Å². The highest BCUT2D eigenvalue weighted by Gasteiger charge is 2.20. The molecule has 2 heterocycles. The van der Waals surface area contributed by atoms with Crippen molar-refractivity contribution in [3.63, 3.8) is 0 Å². The molecule has 104 valence electrons. The molecule has 2 rings (SSSR count). The smallest absolute Gasteiger partial charge is 0.150 e. The van der Waals surface area contributed by atoms with Crippen LogP contribution in [0, 0.1) is 6.92 Å². The van der Waals surface area contributed by atoms with Gasteiger partial charge in [-0.05, 0) is 32.2 Å². The number of nitrogen functional groups attached to an aromatic ring is 1. The van der Waals surface area contributed by atoms with Crippen molar-refractivity contribution in [3.8, 4) is 0 Å². The zero-order valence-corrected chi connectivity index (χ0v) is 12.9. The highest BCUT2D eigenvalue weighted by Crippen LogP contribution is 2.28. The topological polar surface area (TPSA) is 47.1 Å². The van der Waals surface area contributed by atoms with Crippen LogP contribution in [0.2, 0.25) is 0 Å². The molecule has 0 fully saturated rings. The van der Waals surface area contributed by atoms with Crippen molar-refractivity contribution in [1.82, 2.24) is 9.78 Å². The molecule has 0 bridgehead atoms. The first-order valence-electron chi connectivity index (χ1n) is 6.62. The van der Waals surface area contributed by atoms with E-state index >= 15 is 0 Å². The van der Waals surface area contributed by atoms with Crippen LogP contribution in [0.3, 0.4) is 0 Å². The fourth-order valence-corrected chi connectivity index (χ4v) is 3.07. The summed E-state index contributed by atoms with van der Waals surface area (Å²) in [6.07, 6.45) is 1.03. The van der Waals surface area contributed by atoms with Gasteiger partial charge < -0.3 is 10.6 Å². The summed E-state index contributed by atoms with van der Waals surface area (Å²) in [4.78, 5) is 3.63. The Labute approximate surface area is 118 Å². The average molecular weight is 278 g/mol. The number of thiophene rings is 1. The Bertz CT molecular complexity index is 530. The number of nitrogens with zero attached hydrogens (tertiary/aromatic N) is 3. The first-order chi connectivity index (χ1) is 9.04. The molecule has 0 aliphatic rings. The van der Waals surface area contributed by atoms with Crippen molar-refractivity contribution >= 4 is 22.8 Å². The minimum atomic E-state index is 0.391. The number of aromatic nitrogens is 2. The highest BCUT2D eigenvalue weighted by molar-refractivity contribution is 7.09. The lowest BCUT2D eigenvalue weighted by Crippen LogP contribution is -2.32. The molecule has 2 aromatic rings. The van der Waals surface area contributed by atoms with Crippen LogP contribution in [0.4, 0.5) is 11.5 Å². The van der Waals surface area contributed by atoms with Crippen LogP contribution in [0.5, 0.6) is 0 Å². The Morgan fingerprint density at radius 2 is 2.26 bits per heavy atom. The van der Waals surface area contributed by atoms with E-state index in [-0.39, 0.29) is 0 Å². The lowest BCUT2D eigenvalue weighted by molar-refractivity contribution is 0.607. The highest BCUT2D eigenvalue weighted by atomic mass is 32.1. The van der Waals surface area contributed by atoms with Gasteiger partial charge in [0, 0.05) is 30.9 Å². The summed E-state index contributed by atoms with van der Waals surface area (Å²) >= 11 is 1.80. The summed E-state index contributed by atoms with van der Waals surface area (Å²) in [6.45, 7) is 7.11. The second kappa shape index (κ2) is 5.65. The Kier molecular flexibility index (Phi) is 4.14. The molecule has 0 saturated carbocycles. The molecule has 0 aliphatic heterocycles. The SMILES string of the molecule is CCn1nc(C)c(N)c1N(C)C(C)Cc1cccs1. The maximum absolute atomic E-state index is 6.17. The molecule has 0 aromatic carbocycles. The Hall–Kier alpha value is -1.49. The lowest BCUT2D eigenvalue weighted by atomic mass is 10.2. The second-order valence-corrected chi connectivity index (χ2v) is 5.91. The molecule has 19 heavy (non-hydrogen) atoms. The van der Waals surface area contributed by atoms with Crippen LogP contribution in [-0.4, -0.2) is 22.9 Å². The zero-order chi connectivity index (χ0) is 14.0. The minimum Gasteiger partial charge on any atom is -0.394 e. The second-order valence-electron chi connectivity index (χ2n) is 4.88. The summed E-state index contributed by atoms with van der Waals surface area (Å²) in [5.74, 6) is 1.03. The summed E-state index contributed by atoms with van der Waals surface area (Å²) < 4.78 is 1.98. The lowest BCUT2D eigenvalue weighted by Gasteiger charge is -2.27. The van der Waals surface area contributed by atoms with E-state index in [2.05, 4.69) is 48.4 Å². The van der Waals surface area contributed by atoms with Crippen LogP contribution in [0.15, 0.2) is 17.5 Å². The zero-order valence-electron chi connectivity index (χ0n) is 12.1. The predicted octanol–water partition coefficient (Wildman–Crippen LogP) is 2.92. The van der Waals surface area contributed by atoms with E-state index < -0.39 is 0 Å². The molecule has 5 heteroatoms. The van der Waals surface area contributed by atoms with Gasteiger partial charge in [0.2, 0.25) is 0 Å². The third kappa shape index (κ3) is 2.76. The molecule has 0 radical (unpaired) electrons. The van der Waals surface area contributed by atoms with Crippen molar-refractivity contribution < 1.29 is 0 Å². The monoisotopic (exact) mass is 278 g/mol. The van der Waals surface area contributed by atoms with E-state index in [4.69, 9.17) is 5.73 Å². The van der Waals surface area contributed by atoms with E-state index in [0.717, 1.165) is 30.2 Å². The first kappa shape index (κ1) is 13.9. The van der Waals surface area contributed by atoms with Crippen molar-refractivity contribution in [1.29, 1.82) is 0 Å². The molecular weight excluding hydrogens is 256 g/mol. The molecule has 0 aliphatic carbocycles. The van der Waals surface area contributed by atoms with Gasteiger partial charge in [-0.15, -0.1) is 11.3 Å². The normalized spacial score (nSPS) is 12.6. The summed E-state index contributed by atoms with van der Waals surface area (Å²) in [6, 6.07) is 4.67. The van der Waals surface area contributed by atoms with Gasteiger partial charge >= 0.3 is 0 Å². The Morgan fingerprint density at radius 1 is 1.53 bits per heavy atom. The summed E-state index contributed by atoms with van der Waals surface area (Å²) in [5.41, 5.74) is 7.87. The fraction of sp³-hybridized carbons (Fsp3) is 0.500. The van der Waals surface area contributed by atoms with E-state index in [9.17, 15) is 0 Å². The van der Waals surface area contributed by atoms with Crippen LogP contribution in [-0.2, 0) is 13.0 Å². The largest absolute Gasteiger partial charge is 0.394 e. The van der Waals surface area contributed by atoms with Crippen molar-refractivity contribution in [3.05, 3.63) is 28.1 Å². The van der Waals surface area contributed by atoms with Gasteiger partial charge in [0.1, 0.15) is 0 Å². The fourth-order valence-electron chi connectivity index (χ4n) is 2.24. The van der Waals surface area contributed by atoms with Crippen LogP contribution in [0.25, 0.3) is 0 Å². The number of nitrogens with two attached hydrogens (primary N) is 1. The van der Waals surface area contributed by atoms with E-state index in [0.29, 0.717) is 6.04 Å². The van der Waals surface area contributed by atoms with Crippen LogP contribution >= 0.6 is 11.3 Å². The summed E-state index contributed by atoms with van der Waals surface area (Å²) in [5, 5.41) is 6.60. The molecule has 0 amide bonds. The number of rotatable bonds is 5. The number of anilines is 2. The maximum Gasteiger partial charge on any atom is 0.150 e. The third-order valence-electron chi connectivity index (χ3n) is 3.52. The summed E-state index contributed by atoms with van der Waals surface area (Å²) in [7, 11) is 2.09. The molecule has 0 saturated heterocycles. The van der Waals surface area contributed by atoms with E-state index in [1.54, 1.807) is 11.3 Å². The van der Waals surface area contributed by atoms with Crippen molar-refractivity contribution in [2.45, 2.75) is 39.8 Å². The quantitative estimate of drug-likeness (QED) is 0.914. The van der Waals surface area contributed by atoms with Gasteiger partial charge in [-0.2, -0.15) is 5.10 Å². The number of likely N-dealkylation sites (N-methyl/N-ethyl adjacent to an activating group) is 1. The average Bonchev–Trinajstić information content (AvgIpc) is 2.98. The van der Waals surface area contributed by atoms with Gasteiger partial charge in [-0.3, -0.25) is 0 Å². The molecule has 0 spiro atoms. The van der Waals surface area contributed by atoms with Crippen molar-refractivity contribution in [2.75, 3.05) is 17.7 Å². The first-order valence-corrected chi connectivity index (χ1v) is 7.50. The Balaban J connectivity index is 2.21. The van der Waals surface area contributed by atoms with Crippen molar-refractivity contribution in [2.24, 2.45) is 0 Å². The van der Waals surface area contributed by atoms with Gasteiger partial charge in [-0.25, -0.2) is 4.68 Å². The molecular formula is C14H22N4S. The Morgan fingerprint density at radius 3 is 2.84 bits per heavy atom. The van der Waals surface area contributed by atoms with Crippen LogP contribution < -0.4 is 10.6 Å². The van der Waals surface area contributed by atoms with E-state index in [1.807, 2.05) is 11.6 Å². The van der Waals surface area contributed by atoms with Crippen LogP contribution in [0.1, 0.15) is 24.4 Å². The van der Waals surface area contributed by atoms with Gasteiger partial charge in [0.25, 0.3) is 0 Å². The molecule has 4 nitrogen and oxygen atoms in total. The predicted molar refractivity (Wildman–Crippen MR) is 82.9 cm³/mol.